The molecule has 1 aliphatic rings. The van der Waals surface area contributed by atoms with Crippen molar-refractivity contribution in [1.82, 2.24) is 0 Å². The molecule has 0 radical (unpaired) electrons. The summed E-state index contributed by atoms with van der Waals surface area (Å²) in [5.74, 6) is -0.163. The number of thiocarbonyl (C=S) groups is 1. The lowest BCUT2D eigenvalue weighted by Gasteiger charge is -2.18. The second-order valence-electron chi connectivity index (χ2n) is 4.95. The Morgan fingerprint density at radius 2 is 2.26 bits per heavy atom. The number of isothiocyanates is 1. The number of furan rings is 1. The van der Waals surface area contributed by atoms with Gasteiger partial charge in [-0.1, -0.05) is 0 Å². The van der Waals surface area contributed by atoms with Crippen molar-refractivity contribution in [1.29, 1.82) is 0 Å². The van der Waals surface area contributed by atoms with Gasteiger partial charge in [-0.25, -0.2) is 9.79 Å². The van der Waals surface area contributed by atoms with Crippen molar-refractivity contribution in [2.75, 3.05) is 13.2 Å². The summed E-state index contributed by atoms with van der Waals surface area (Å²) in [5.41, 5.74) is 0.314. The molecule has 0 aromatic carbocycles. The number of hydrogen-bond acceptors (Lipinski definition) is 8. The maximum Gasteiger partial charge on any atom is 0.341 e. The van der Waals surface area contributed by atoms with Crippen LogP contribution in [0.1, 0.15) is 41.8 Å². The molecular weight excluding hydrogens is 322 g/mol. The topological polar surface area (TPSA) is 87.3 Å². The number of ether oxygens (including phenoxy) is 3. The van der Waals surface area contributed by atoms with Crippen LogP contribution in [0.3, 0.4) is 0 Å². The molecule has 1 fully saturated rings. The Morgan fingerprint density at radius 3 is 2.87 bits per heavy atom. The van der Waals surface area contributed by atoms with E-state index in [1.165, 1.54) is 13.0 Å². The minimum Gasteiger partial charge on any atom is -0.463 e. The molecule has 0 saturated carbocycles. The van der Waals surface area contributed by atoms with Gasteiger partial charge in [-0.15, -0.1) is 0 Å². The fourth-order valence-electron chi connectivity index (χ4n) is 2.40. The van der Waals surface area contributed by atoms with Gasteiger partial charge < -0.3 is 18.6 Å². The van der Waals surface area contributed by atoms with Crippen molar-refractivity contribution in [2.24, 2.45) is 4.99 Å². The lowest BCUT2D eigenvalue weighted by molar-refractivity contribution is -0.150. The maximum atomic E-state index is 11.9. The third-order valence-electron chi connectivity index (χ3n) is 3.36. The van der Waals surface area contributed by atoms with Crippen molar-refractivity contribution < 1.29 is 28.2 Å². The van der Waals surface area contributed by atoms with E-state index in [0.29, 0.717) is 17.1 Å². The number of carbonyl (C=O) groups is 2. The summed E-state index contributed by atoms with van der Waals surface area (Å²) in [6.45, 7) is 5.14. The highest BCUT2D eigenvalue weighted by Crippen LogP contribution is 2.35. The molecule has 23 heavy (non-hydrogen) atoms. The van der Waals surface area contributed by atoms with Gasteiger partial charge in [0.25, 0.3) is 0 Å². The normalized spacial score (nSPS) is 23.2. The van der Waals surface area contributed by atoms with E-state index in [1.54, 1.807) is 13.8 Å². The second kappa shape index (κ2) is 7.50. The van der Waals surface area contributed by atoms with Gasteiger partial charge in [0.2, 0.25) is 0 Å². The molecule has 0 bridgehead atoms. The van der Waals surface area contributed by atoms with Crippen LogP contribution >= 0.6 is 12.2 Å². The van der Waals surface area contributed by atoms with Crippen LogP contribution in [-0.2, 0) is 19.0 Å². The summed E-state index contributed by atoms with van der Waals surface area (Å²) in [7, 11) is 0. The van der Waals surface area contributed by atoms with Gasteiger partial charge in [0.05, 0.1) is 18.4 Å². The zero-order valence-corrected chi connectivity index (χ0v) is 13.8. The van der Waals surface area contributed by atoms with E-state index in [4.69, 9.17) is 18.6 Å². The summed E-state index contributed by atoms with van der Waals surface area (Å²) >= 11 is 4.60. The van der Waals surface area contributed by atoms with Crippen LogP contribution in [0.15, 0.2) is 15.5 Å². The monoisotopic (exact) mass is 339 g/mol. The fraction of sp³-hybridized carbons (Fsp3) is 0.533. The summed E-state index contributed by atoms with van der Waals surface area (Å²) in [6, 6.07) is 1.08. The van der Waals surface area contributed by atoms with Gasteiger partial charge in [-0.3, -0.25) is 4.79 Å². The summed E-state index contributed by atoms with van der Waals surface area (Å²) in [6.07, 6.45) is -1.36. The molecule has 1 saturated heterocycles. The van der Waals surface area contributed by atoms with E-state index in [1.807, 2.05) is 0 Å². The SMILES string of the molecule is CCOC(=O)c1cc([C@@H]2OC[C@H](N=C=S)[C@H]2OC(C)=O)oc1C. The lowest BCUT2D eigenvalue weighted by Crippen LogP contribution is -2.29. The second-order valence-corrected chi connectivity index (χ2v) is 5.14. The third kappa shape index (κ3) is 3.85. The molecular formula is C15H17NO6S. The van der Waals surface area contributed by atoms with Gasteiger partial charge in [-0.2, -0.15) is 0 Å². The molecule has 1 aromatic heterocycles. The number of aryl methyl sites for hydroxylation is 1. The highest BCUT2D eigenvalue weighted by atomic mass is 32.1. The van der Waals surface area contributed by atoms with Gasteiger partial charge in [0.1, 0.15) is 23.1 Å². The number of rotatable bonds is 5. The molecule has 2 rings (SSSR count). The number of carbonyl (C=O) groups excluding carboxylic acids is 2. The van der Waals surface area contributed by atoms with Gasteiger partial charge in [0, 0.05) is 6.92 Å². The number of nitrogens with zero attached hydrogens (tertiary/aromatic N) is 1. The standard InChI is InChI=1S/C15H17NO6S/c1-4-19-15(18)10-5-12(21-8(10)2)14-13(22-9(3)17)11(6-20-14)16-7-23/h5,11,13-14H,4,6H2,1-3H3/t11-,13+,14-/m0/s1. The zero-order valence-electron chi connectivity index (χ0n) is 13.0. The van der Waals surface area contributed by atoms with Crippen LogP contribution < -0.4 is 0 Å². The molecule has 2 heterocycles. The Kier molecular flexibility index (Phi) is 5.65. The van der Waals surface area contributed by atoms with Crippen molar-refractivity contribution in [2.45, 2.75) is 39.0 Å². The zero-order chi connectivity index (χ0) is 17.0. The Balaban J connectivity index is 2.29. The highest BCUT2D eigenvalue weighted by Gasteiger charge is 2.43. The lowest BCUT2D eigenvalue weighted by atomic mass is 10.1. The third-order valence-corrected chi connectivity index (χ3v) is 3.46. The van der Waals surface area contributed by atoms with Crippen LogP contribution in [0.2, 0.25) is 0 Å². The summed E-state index contributed by atoms with van der Waals surface area (Å²) in [5, 5.41) is 2.27. The molecule has 124 valence electrons. The molecule has 0 N–H and O–H groups in total. The van der Waals surface area contributed by atoms with Crippen LogP contribution in [-0.4, -0.2) is 42.5 Å². The van der Waals surface area contributed by atoms with E-state index in [-0.39, 0.29) is 13.2 Å². The van der Waals surface area contributed by atoms with Crippen LogP contribution in [0.5, 0.6) is 0 Å². The average molecular weight is 339 g/mol. The van der Waals surface area contributed by atoms with E-state index >= 15 is 0 Å². The first kappa shape index (κ1) is 17.3. The molecule has 0 spiro atoms. The highest BCUT2D eigenvalue weighted by molar-refractivity contribution is 7.78. The van der Waals surface area contributed by atoms with Gasteiger partial charge in [0.15, 0.2) is 12.2 Å². The van der Waals surface area contributed by atoms with E-state index in [0.717, 1.165) is 0 Å². The first-order valence-corrected chi connectivity index (χ1v) is 7.52. The maximum absolute atomic E-state index is 11.9. The minimum absolute atomic E-state index is 0.209. The van der Waals surface area contributed by atoms with E-state index in [9.17, 15) is 9.59 Å². The van der Waals surface area contributed by atoms with Crippen molar-refractivity contribution in [3.63, 3.8) is 0 Å². The largest absolute Gasteiger partial charge is 0.463 e. The quantitative estimate of drug-likeness (QED) is 0.462. The predicted molar refractivity (Wildman–Crippen MR) is 82.5 cm³/mol. The van der Waals surface area contributed by atoms with Gasteiger partial charge >= 0.3 is 11.9 Å². The first-order valence-electron chi connectivity index (χ1n) is 7.11. The van der Waals surface area contributed by atoms with E-state index < -0.39 is 30.2 Å². The molecule has 0 unspecified atom stereocenters. The van der Waals surface area contributed by atoms with Crippen molar-refractivity contribution in [3.8, 4) is 0 Å². The average Bonchev–Trinajstić information content (AvgIpc) is 3.03. The summed E-state index contributed by atoms with van der Waals surface area (Å²) < 4.78 is 21.5. The minimum atomic E-state index is -0.691. The van der Waals surface area contributed by atoms with Crippen LogP contribution in [0, 0.1) is 6.92 Å². The molecule has 1 aromatic rings. The smallest absolute Gasteiger partial charge is 0.341 e. The Morgan fingerprint density at radius 1 is 1.52 bits per heavy atom. The fourth-order valence-corrected chi connectivity index (χ4v) is 2.54. The number of aliphatic imine (C=N–C) groups is 1. The van der Waals surface area contributed by atoms with Crippen molar-refractivity contribution in [3.05, 3.63) is 23.2 Å². The Hall–Kier alpha value is -2.02. The molecule has 0 aliphatic carbocycles. The molecule has 1 aliphatic heterocycles. The predicted octanol–water partition coefficient (Wildman–Crippen LogP) is 2.24. The van der Waals surface area contributed by atoms with Gasteiger partial charge in [-0.05, 0) is 32.1 Å². The molecule has 3 atom stereocenters. The molecule has 0 amide bonds. The van der Waals surface area contributed by atoms with Crippen LogP contribution in [0.4, 0.5) is 0 Å². The summed E-state index contributed by atoms with van der Waals surface area (Å²) in [4.78, 5) is 27.1. The Labute approximate surface area is 138 Å². The molecule has 7 nitrogen and oxygen atoms in total. The number of hydrogen-bond donors (Lipinski definition) is 0. The molecule has 8 heteroatoms. The van der Waals surface area contributed by atoms with Crippen LogP contribution in [0.25, 0.3) is 0 Å². The van der Waals surface area contributed by atoms with E-state index in [2.05, 4.69) is 22.4 Å². The Bertz CT molecular complexity index is 648. The first-order chi connectivity index (χ1) is 11.0. The number of esters is 2. The van der Waals surface area contributed by atoms with Crippen molar-refractivity contribution >= 4 is 29.3 Å².